The lowest BCUT2D eigenvalue weighted by Gasteiger charge is -2.10. The highest BCUT2D eigenvalue weighted by Gasteiger charge is 2.17. The Bertz CT molecular complexity index is 145. The minimum atomic E-state index is 0.308. The highest BCUT2D eigenvalue weighted by molar-refractivity contribution is 7.99. The van der Waals surface area contributed by atoms with Crippen molar-refractivity contribution in [3.63, 3.8) is 0 Å². The molecule has 0 heterocycles. The van der Waals surface area contributed by atoms with E-state index in [1.54, 1.807) is 11.8 Å². The van der Waals surface area contributed by atoms with Crippen molar-refractivity contribution in [3.8, 4) is 0 Å². The molecule has 1 saturated carbocycles. The van der Waals surface area contributed by atoms with Gasteiger partial charge >= 0.3 is 0 Å². The van der Waals surface area contributed by atoms with Crippen LogP contribution in [0.4, 0.5) is 0 Å². The Morgan fingerprint density at radius 2 is 1.83 bits per heavy atom. The van der Waals surface area contributed by atoms with E-state index in [-0.39, 0.29) is 0 Å². The Labute approximate surface area is 79.3 Å². The van der Waals surface area contributed by atoms with Gasteiger partial charge in [0.1, 0.15) is 5.78 Å². The van der Waals surface area contributed by atoms with E-state index in [1.807, 2.05) is 0 Å². The third-order valence-electron chi connectivity index (χ3n) is 2.53. The van der Waals surface area contributed by atoms with Gasteiger partial charge in [-0.15, -0.1) is 0 Å². The molecule has 0 saturated heterocycles. The summed E-state index contributed by atoms with van der Waals surface area (Å²) in [6, 6.07) is 0. The molecule has 1 rings (SSSR count). The lowest BCUT2D eigenvalue weighted by molar-refractivity contribution is -0.118. The molecule has 0 aromatic heterocycles. The van der Waals surface area contributed by atoms with E-state index in [0.717, 1.165) is 19.3 Å². The third-order valence-corrected chi connectivity index (χ3v) is 3.60. The Balaban J connectivity index is 2.41. The Morgan fingerprint density at radius 3 is 2.58 bits per heavy atom. The average molecular weight is 186 g/mol. The molecule has 70 valence electrons. The standard InChI is InChI=1S/C10H18OS/c1-12-10-8-6-4-2-3-5-7-9(10)11/h10H,2-8H2,1H3. The molecule has 1 aliphatic rings. The van der Waals surface area contributed by atoms with Crippen molar-refractivity contribution in [1.29, 1.82) is 0 Å². The van der Waals surface area contributed by atoms with Gasteiger partial charge in [-0.2, -0.15) is 11.8 Å². The number of ketones is 1. The van der Waals surface area contributed by atoms with Gasteiger partial charge in [-0.1, -0.05) is 25.7 Å². The second kappa shape index (κ2) is 5.63. The smallest absolute Gasteiger partial charge is 0.145 e. The molecule has 1 aliphatic carbocycles. The second-order valence-corrected chi connectivity index (χ2v) is 4.54. The van der Waals surface area contributed by atoms with Crippen molar-refractivity contribution in [2.45, 2.75) is 50.2 Å². The largest absolute Gasteiger partial charge is 0.298 e. The molecular formula is C10H18OS. The van der Waals surface area contributed by atoms with Crippen LogP contribution in [0.15, 0.2) is 0 Å². The van der Waals surface area contributed by atoms with Gasteiger partial charge < -0.3 is 0 Å². The maximum Gasteiger partial charge on any atom is 0.145 e. The van der Waals surface area contributed by atoms with Gasteiger partial charge in [0.05, 0.1) is 5.25 Å². The van der Waals surface area contributed by atoms with E-state index in [4.69, 9.17) is 0 Å². The summed E-state index contributed by atoms with van der Waals surface area (Å²) in [7, 11) is 0. The molecule has 0 N–H and O–H groups in total. The van der Waals surface area contributed by atoms with Crippen LogP contribution in [0, 0.1) is 0 Å². The number of rotatable bonds is 1. The minimum Gasteiger partial charge on any atom is -0.298 e. The molecule has 1 fully saturated rings. The average Bonchev–Trinajstić information content (AvgIpc) is 2.17. The SMILES string of the molecule is CSC1CCCCCCCC1=O. The minimum absolute atomic E-state index is 0.308. The zero-order valence-electron chi connectivity index (χ0n) is 7.84. The fourth-order valence-electron chi connectivity index (χ4n) is 1.73. The van der Waals surface area contributed by atoms with Gasteiger partial charge in [0.15, 0.2) is 0 Å². The monoisotopic (exact) mass is 186 g/mol. The summed E-state index contributed by atoms with van der Waals surface area (Å²) < 4.78 is 0. The van der Waals surface area contributed by atoms with Gasteiger partial charge in [-0.05, 0) is 19.1 Å². The van der Waals surface area contributed by atoms with Crippen molar-refractivity contribution in [2.24, 2.45) is 0 Å². The van der Waals surface area contributed by atoms with Crippen LogP contribution in [0.25, 0.3) is 0 Å². The molecule has 0 amide bonds. The Hall–Kier alpha value is 0.0200. The first-order valence-electron chi connectivity index (χ1n) is 4.90. The van der Waals surface area contributed by atoms with Crippen LogP contribution in [0.2, 0.25) is 0 Å². The lowest BCUT2D eigenvalue weighted by Crippen LogP contribution is -2.15. The number of thioether (sulfide) groups is 1. The van der Waals surface area contributed by atoms with Gasteiger partial charge in [-0.3, -0.25) is 4.79 Å². The molecule has 0 spiro atoms. The second-order valence-electron chi connectivity index (χ2n) is 3.50. The normalized spacial score (nSPS) is 27.4. The summed E-state index contributed by atoms with van der Waals surface area (Å²) in [6.45, 7) is 0. The first-order valence-corrected chi connectivity index (χ1v) is 6.19. The fourth-order valence-corrected chi connectivity index (χ4v) is 2.51. The van der Waals surface area contributed by atoms with Crippen LogP contribution < -0.4 is 0 Å². The van der Waals surface area contributed by atoms with Crippen molar-refractivity contribution in [3.05, 3.63) is 0 Å². The summed E-state index contributed by atoms with van der Waals surface area (Å²) in [5.74, 6) is 0.490. The third kappa shape index (κ3) is 3.18. The molecule has 0 radical (unpaired) electrons. The molecule has 1 atom stereocenters. The van der Waals surface area contributed by atoms with Gasteiger partial charge in [0, 0.05) is 6.42 Å². The first-order chi connectivity index (χ1) is 5.84. The van der Waals surface area contributed by atoms with Crippen LogP contribution in [0.3, 0.4) is 0 Å². The number of carbonyl (C=O) groups excluding carboxylic acids is 1. The predicted octanol–water partition coefficient (Wildman–Crippen LogP) is 3.03. The molecule has 2 heteroatoms. The fraction of sp³-hybridized carbons (Fsp3) is 0.900. The molecule has 1 nitrogen and oxygen atoms in total. The zero-order valence-corrected chi connectivity index (χ0v) is 8.66. The number of carbonyl (C=O) groups is 1. The van der Waals surface area contributed by atoms with E-state index in [0.29, 0.717) is 11.0 Å². The van der Waals surface area contributed by atoms with Crippen LogP contribution in [-0.2, 0) is 4.79 Å². The topological polar surface area (TPSA) is 17.1 Å². The van der Waals surface area contributed by atoms with Gasteiger partial charge in [0.2, 0.25) is 0 Å². The zero-order chi connectivity index (χ0) is 8.81. The highest BCUT2D eigenvalue weighted by Crippen LogP contribution is 2.21. The van der Waals surface area contributed by atoms with Crippen molar-refractivity contribution in [1.82, 2.24) is 0 Å². The van der Waals surface area contributed by atoms with E-state index >= 15 is 0 Å². The summed E-state index contributed by atoms with van der Waals surface area (Å²) in [4.78, 5) is 11.5. The maximum atomic E-state index is 11.5. The molecule has 0 aliphatic heterocycles. The van der Waals surface area contributed by atoms with Crippen LogP contribution in [0.1, 0.15) is 44.9 Å². The predicted molar refractivity (Wildman–Crippen MR) is 54.6 cm³/mol. The van der Waals surface area contributed by atoms with Gasteiger partial charge in [-0.25, -0.2) is 0 Å². The molecule has 0 aromatic rings. The van der Waals surface area contributed by atoms with Crippen LogP contribution in [0.5, 0.6) is 0 Å². The van der Waals surface area contributed by atoms with E-state index < -0.39 is 0 Å². The van der Waals surface area contributed by atoms with Crippen LogP contribution in [-0.4, -0.2) is 17.3 Å². The molecule has 1 unspecified atom stereocenters. The van der Waals surface area contributed by atoms with E-state index in [1.165, 1.54) is 25.7 Å². The van der Waals surface area contributed by atoms with Gasteiger partial charge in [0.25, 0.3) is 0 Å². The van der Waals surface area contributed by atoms with Crippen molar-refractivity contribution >= 4 is 17.5 Å². The summed E-state index contributed by atoms with van der Waals surface area (Å²) in [6.07, 6.45) is 10.3. The summed E-state index contributed by atoms with van der Waals surface area (Å²) in [5.41, 5.74) is 0. The lowest BCUT2D eigenvalue weighted by atomic mass is 10.1. The molecule has 0 aromatic carbocycles. The summed E-state index contributed by atoms with van der Waals surface area (Å²) >= 11 is 1.74. The Kier molecular flexibility index (Phi) is 4.74. The van der Waals surface area contributed by atoms with Crippen molar-refractivity contribution in [2.75, 3.05) is 6.26 Å². The number of hydrogen-bond donors (Lipinski definition) is 0. The summed E-state index contributed by atoms with van der Waals surface area (Å²) in [5, 5.41) is 0.308. The number of Topliss-reactive ketones (excluding diaryl/α,β-unsaturated/α-hetero) is 1. The Morgan fingerprint density at radius 1 is 1.17 bits per heavy atom. The van der Waals surface area contributed by atoms with E-state index in [9.17, 15) is 4.79 Å². The van der Waals surface area contributed by atoms with Crippen molar-refractivity contribution < 1.29 is 4.79 Å². The number of hydrogen-bond acceptors (Lipinski definition) is 2. The molecule has 0 bridgehead atoms. The molecule has 12 heavy (non-hydrogen) atoms. The molecular weight excluding hydrogens is 168 g/mol. The van der Waals surface area contributed by atoms with E-state index in [2.05, 4.69) is 6.26 Å². The quantitative estimate of drug-likeness (QED) is 0.626. The maximum absolute atomic E-state index is 11.5. The first kappa shape index (κ1) is 10.1. The highest BCUT2D eigenvalue weighted by atomic mass is 32.2. The van der Waals surface area contributed by atoms with Crippen LogP contribution >= 0.6 is 11.8 Å².